The molecule has 0 radical (unpaired) electrons. The van der Waals surface area contributed by atoms with Crippen molar-refractivity contribution < 1.29 is 9.32 Å². The van der Waals surface area contributed by atoms with Crippen molar-refractivity contribution in [1.29, 1.82) is 5.26 Å². The Morgan fingerprint density at radius 3 is 3.26 bits per heavy atom. The highest BCUT2D eigenvalue weighted by molar-refractivity contribution is 5.74. The number of aromatic nitrogens is 2. The number of nitrogens with one attached hydrogen (secondary N) is 1. The highest BCUT2D eigenvalue weighted by Gasteiger charge is 2.23. The summed E-state index contributed by atoms with van der Waals surface area (Å²) in [6, 6.07) is 7.55. The van der Waals surface area contributed by atoms with Crippen LogP contribution in [-0.2, 0) is 6.54 Å². The first-order valence-corrected chi connectivity index (χ1v) is 7.54. The lowest BCUT2D eigenvalue weighted by molar-refractivity contribution is 0.175. The monoisotopic (exact) mass is 311 g/mol. The van der Waals surface area contributed by atoms with Crippen LogP contribution < -0.4 is 5.32 Å². The van der Waals surface area contributed by atoms with Crippen molar-refractivity contribution in [2.75, 3.05) is 13.1 Å². The fraction of sp³-hybridized carbons (Fsp3) is 0.375. The number of amides is 2. The van der Waals surface area contributed by atoms with Crippen molar-refractivity contribution >= 4 is 6.03 Å². The minimum Gasteiger partial charge on any atom is -0.359 e. The molecule has 23 heavy (non-hydrogen) atoms. The molecule has 1 unspecified atom stereocenters. The number of hydrogen-bond acceptors (Lipinski definition) is 5. The van der Waals surface area contributed by atoms with Crippen molar-refractivity contribution in [3.05, 3.63) is 36.4 Å². The number of carbonyl (C=O) groups is 1. The van der Waals surface area contributed by atoms with Crippen LogP contribution in [0.1, 0.15) is 18.6 Å². The maximum Gasteiger partial charge on any atom is 0.317 e. The van der Waals surface area contributed by atoms with Gasteiger partial charge in [-0.2, -0.15) is 5.26 Å². The van der Waals surface area contributed by atoms with E-state index in [0.29, 0.717) is 24.5 Å². The molecule has 118 valence electrons. The summed E-state index contributed by atoms with van der Waals surface area (Å²) in [5, 5.41) is 15.8. The topological polar surface area (TPSA) is 95.1 Å². The lowest BCUT2D eigenvalue weighted by atomic mass is 10.0. The molecule has 7 heteroatoms. The van der Waals surface area contributed by atoms with E-state index in [-0.39, 0.29) is 18.5 Å². The zero-order chi connectivity index (χ0) is 16.1. The number of piperidine rings is 1. The van der Waals surface area contributed by atoms with Gasteiger partial charge in [0.15, 0.2) is 5.76 Å². The summed E-state index contributed by atoms with van der Waals surface area (Å²) in [6.45, 7) is 1.43. The van der Waals surface area contributed by atoms with E-state index < -0.39 is 0 Å². The Kier molecular flexibility index (Phi) is 4.52. The average molecular weight is 311 g/mol. The second-order valence-corrected chi connectivity index (χ2v) is 5.49. The minimum absolute atomic E-state index is 0.0723. The summed E-state index contributed by atoms with van der Waals surface area (Å²) in [6.07, 6.45) is 5.11. The molecule has 3 rings (SSSR count). The SMILES string of the molecule is N#CC1CCCN(C(=O)NCc2cc(-c3cccnc3)no2)C1. The molecule has 1 aliphatic heterocycles. The summed E-state index contributed by atoms with van der Waals surface area (Å²) >= 11 is 0. The fourth-order valence-corrected chi connectivity index (χ4v) is 2.59. The summed E-state index contributed by atoms with van der Waals surface area (Å²) < 4.78 is 5.24. The van der Waals surface area contributed by atoms with Crippen LogP contribution in [0.15, 0.2) is 35.1 Å². The molecule has 0 spiro atoms. The van der Waals surface area contributed by atoms with Gasteiger partial charge >= 0.3 is 6.03 Å². The molecule has 0 aromatic carbocycles. The van der Waals surface area contributed by atoms with Gasteiger partial charge in [0, 0.05) is 37.1 Å². The predicted octanol–water partition coefficient (Wildman–Crippen LogP) is 2.18. The largest absolute Gasteiger partial charge is 0.359 e. The van der Waals surface area contributed by atoms with Gasteiger partial charge in [-0.05, 0) is 25.0 Å². The zero-order valence-corrected chi connectivity index (χ0v) is 12.6. The Labute approximate surface area is 133 Å². The lowest BCUT2D eigenvalue weighted by Crippen LogP contribution is -2.45. The minimum atomic E-state index is -0.177. The Bertz CT molecular complexity index is 707. The average Bonchev–Trinajstić information content (AvgIpc) is 3.09. The Morgan fingerprint density at radius 2 is 2.48 bits per heavy atom. The van der Waals surface area contributed by atoms with E-state index in [1.165, 1.54) is 0 Å². The third kappa shape index (κ3) is 3.66. The standard InChI is InChI=1S/C16H17N5O2/c17-8-12-3-2-6-21(11-12)16(22)19-10-14-7-15(20-23-14)13-4-1-5-18-9-13/h1,4-5,7,9,12H,2-3,6,10-11H2,(H,19,22). The van der Waals surface area contributed by atoms with Crippen LogP contribution in [0.25, 0.3) is 11.3 Å². The molecular weight excluding hydrogens is 294 g/mol. The number of hydrogen-bond donors (Lipinski definition) is 1. The summed E-state index contributed by atoms with van der Waals surface area (Å²) in [5.74, 6) is 0.503. The number of nitriles is 1. The van der Waals surface area contributed by atoms with E-state index in [9.17, 15) is 4.79 Å². The molecule has 1 aliphatic rings. The highest BCUT2D eigenvalue weighted by Crippen LogP contribution is 2.18. The van der Waals surface area contributed by atoms with Crippen LogP contribution >= 0.6 is 0 Å². The van der Waals surface area contributed by atoms with Crippen LogP contribution in [0.4, 0.5) is 4.79 Å². The maximum atomic E-state index is 12.1. The summed E-state index contributed by atoms with van der Waals surface area (Å²) in [7, 11) is 0. The van der Waals surface area contributed by atoms with E-state index in [2.05, 4.69) is 21.5 Å². The highest BCUT2D eigenvalue weighted by atomic mass is 16.5. The van der Waals surface area contributed by atoms with Crippen molar-refractivity contribution in [3.8, 4) is 17.3 Å². The van der Waals surface area contributed by atoms with Crippen molar-refractivity contribution in [2.24, 2.45) is 5.92 Å². The van der Waals surface area contributed by atoms with Crippen molar-refractivity contribution in [2.45, 2.75) is 19.4 Å². The molecule has 0 bridgehead atoms. The number of rotatable bonds is 3. The Morgan fingerprint density at radius 1 is 1.57 bits per heavy atom. The van der Waals surface area contributed by atoms with E-state index >= 15 is 0 Å². The van der Waals surface area contributed by atoms with Crippen LogP contribution in [0.3, 0.4) is 0 Å². The summed E-state index contributed by atoms with van der Waals surface area (Å²) in [4.78, 5) is 17.9. The van der Waals surface area contributed by atoms with Gasteiger partial charge in [-0.25, -0.2) is 4.79 Å². The van der Waals surface area contributed by atoms with Crippen molar-refractivity contribution in [1.82, 2.24) is 20.4 Å². The van der Waals surface area contributed by atoms with E-state index in [1.807, 2.05) is 12.1 Å². The molecule has 2 aromatic rings. The van der Waals surface area contributed by atoms with Crippen molar-refractivity contribution in [3.63, 3.8) is 0 Å². The molecule has 2 amide bonds. The number of pyridine rings is 1. The zero-order valence-electron chi connectivity index (χ0n) is 12.6. The van der Waals surface area contributed by atoms with Gasteiger partial charge in [-0.3, -0.25) is 4.98 Å². The third-order valence-electron chi connectivity index (χ3n) is 3.82. The van der Waals surface area contributed by atoms with Gasteiger partial charge in [0.05, 0.1) is 18.5 Å². The molecule has 0 aliphatic carbocycles. The number of nitrogens with zero attached hydrogens (tertiary/aromatic N) is 4. The number of urea groups is 1. The molecule has 3 heterocycles. The van der Waals surface area contributed by atoms with Crippen LogP contribution in [0.2, 0.25) is 0 Å². The van der Waals surface area contributed by atoms with Crippen LogP contribution in [0.5, 0.6) is 0 Å². The maximum absolute atomic E-state index is 12.1. The number of carbonyl (C=O) groups excluding carboxylic acids is 1. The smallest absolute Gasteiger partial charge is 0.317 e. The Hall–Kier alpha value is -2.88. The van der Waals surface area contributed by atoms with Gasteiger partial charge in [-0.1, -0.05) is 5.16 Å². The van der Waals surface area contributed by atoms with E-state index in [1.54, 1.807) is 23.4 Å². The second-order valence-electron chi connectivity index (χ2n) is 5.49. The molecule has 1 N–H and O–H groups in total. The third-order valence-corrected chi connectivity index (χ3v) is 3.82. The van der Waals surface area contributed by atoms with E-state index in [4.69, 9.17) is 9.78 Å². The van der Waals surface area contributed by atoms with Crippen LogP contribution in [-0.4, -0.2) is 34.2 Å². The van der Waals surface area contributed by atoms with Gasteiger partial charge in [0.2, 0.25) is 0 Å². The quantitative estimate of drug-likeness (QED) is 0.937. The molecule has 0 saturated carbocycles. The van der Waals surface area contributed by atoms with Gasteiger partial charge in [0.1, 0.15) is 5.69 Å². The van der Waals surface area contributed by atoms with Gasteiger partial charge in [-0.15, -0.1) is 0 Å². The molecular formula is C16H17N5O2. The van der Waals surface area contributed by atoms with E-state index in [0.717, 1.165) is 18.4 Å². The number of likely N-dealkylation sites (tertiary alicyclic amines) is 1. The Balaban J connectivity index is 1.55. The fourth-order valence-electron chi connectivity index (χ4n) is 2.59. The molecule has 1 fully saturated rings. The molecule has 2 aromatic heterocycles. The first kappa shape index (κ1) is 15.0. The first-order valence-electron chi connectivity index (χ1n) is 7.54. The molecule has 7 nitrogen and oxygen atoms in total. The van der Waals surface area contributed by atoms with Crippen LogP contribution in [0, 0.1) is 17.2 Å². The normalized spacial score (nSPS) is 17.5. The molecule has 1 atom stereocenters. The predicted molar refractivity (Wildman–Crippen MR) is 81.9 cm³/mol. The molecule has 1 saturated heterocycles. The first-order chi connectivity index (χ1) is 11.3. The van der Waals surface area contributed by atoms with Gasteiger partial charge in [0.25, 0.3) is 0 Å². The van der Waals surface area contributed by atoms with Gasteiger partial charge < -0.3 is 14.7 Å². The lowest BCUT2D eigenvalue weighted by Gasteiger charge is -2.29. The summed E-state index contributed by atoms with van der Waals surface area (Å²) in [5.41, 5.74) is 1.55. The second kappa shape index (κ2) is 6.92.